The highest BCUT2D eigenvalue weighted by Crippen LogP contribution is 2.75. The highest BCUT2D eigenvalue weighted by atomic mass is 16.4. The minimum atomic E-state index is -0.669. The molecule has 0 spiro atoms. The Bertz CT molecular complexity index is 892. The Morgan fingerprint density at radius 3 is 2.32 bits per heavy atom. The Balaban J connectivity index is 1.64. The molecule has 0 aromatic heterocycles. The van der Waals surface area contributed by atoms with Crippen LogP contribution in [0.4, 0.5) is 0 Å². The van der Waals surface area contributed by atoms with Crippen molar-refractivity contribution < 1.29 is 20.1 Å². The number of carboxylic acids is 1. The third-order valence-electron chi connectivity index (χ3n) is 13.3. The summed E-state index contributed by atoms with van der Waals surface area (Å²) in [7, 11) is 0. The number of carboxylic acid groups (broad SMARTS) is 1. The van der Waals surface area contributed by atoms with Crippen LogP contribution in [0.2, 0.25) is 0 Å². The first-order valence-electron chi connectivity index (χ1n) is 14.0. The lowest BCUT2D eigenvalue weighted by Gasteiger charge is -2.71. The second-order valence-electron chi connectivity index (χ2n) is 14.4. The van der Waals surface area contributed by atoms with Crippen LogP contribution < -0.4 is 0 Å². The molecular formula is C30H48O4. The van der Waals surface area contributed by atoms with Crippen molar-refractivity contribution in [3.8, 4) is 0 Å². The maximum Gasteiger partial charge on any atom is 0.310 e. The van der Waals surface area contributed by atoms with Crippen molar-refractivity contribution >= 4 is 5.97 Å². The monoisotopic (exact) mass is 472 g/mol. The summed E-state index contributed by atoms with van der Waals surface area (Å²) in [5.74, 6) is 1.17. The quantitative estimate of drug-likeness (QED) is 0.427. The van der Waals surface area contributed by atoms with Gasteiger partial charge >= 0.3 is 5.97 Å². The first-order valence-corrected chi connectivity index (χ1v) is 14.0. The molecule has 0 amide bonds. The van der Waals surface area contributed by atoms with Gasteiger partial charge in [-0.3, -0.25) is 4.79 Å². The van der Waals surface area contributed by atoms with Gasteiger partial charge in [0.1, 0.15) is 0 Å². The fourth-order valence-corrected chi connectivity index (χ4v) is 11.0. The molecule has 1 unspecified atom stereocenters. The highest BCUT2D eigenvalue weighted by Gasteiger charge is 2.70. The number of rotatable bonds is 2. The van der Waals surface area contributed by atoms with Crippen LogP contribution in [-0.4, -0.2) is 34.0 Å². The lowest BCUT2D eigenvalue weighted by atomic mass is 9.33. The van der Waals surface area contributed by atoms with Gasteiger partial charge in [-0.2, -0.15) is 0 Å². The average molecular weight is 473 g/mol. The summed E-state index contributed by atoms with van der Waals surface area (Å²) in [5, 5.41) is 32.7. The van der Waals surface area contributed by atoms with Crippen molar-refractivity contribution in [2.45, 2.75) is 105 Å². The summed E-state index contributed by atoms with van der Waals surface area (Å²) >= 11 is 0. The lowest BCUT2D eigenvalue weighted by molar-refractivity contribution is -0.215. The zero-order chi connectivity index (χ0) is 24.9. The molecule has 4 heteroatoms. The van der Waals surface area contributed by atoms with Gasteiger partial charge in [-0.05, 0) is 104 Å². The molecule has 5 rings (SSSR count). The molecule has 4 fully saturated rings. The smallest absolute Gasteiger partial charge is 0.310 e. The maximum absolute atomic E-state index is 12.8. The lowest BCUT2D eigenvalue weighted by Crippen LogP contribution is -2.67. The molecule has 0 aliphatic heterocycles. The number of carbonyl (C=O) groups is 1. The van der Waals surface area contributed by atoms with Crippen LogP contribution in [0.25, 0.3) is 0 Å². The second kappa shape index (κ2) is 7.57. The first kappa shape index (κ1) is 24.8. The Hall–Kier alpha value is -0.870. The van der Waals surface area contributed by atoms with E-state index in [4.69, 9.17) is 0 Å². The summed E-state index contributed by atoms with van der Waals surface area (Å²) in [6, 6.07) is 0. The van der Waals surface area contributed by atoms with E-state index in [1.54, 1.807) is 0 Å². The van der Waals surface area contributed by atoms with E-state index in [-0.39, 0.29) is 40.3 Å². The molecule has 4 nitrogen and oxygen atoms in total. The largest absolute Gasteiger partial charge is 0.481 e. The van der Waals surface area contributed by atoms with Crippen molar-refractivity contribution in [2.75, 3.05) is 6.61 Å². The van der Waals surface area contributed by atoms with Gasteiger partial charge in [-0.1, -0.05) is 53.2 Å². The van der Waals surface area contributed by atoms with Crippen LogP contribution in [-0.2, 0) is 4.79 Å². The van der Waals surface area contributed by atoms with E-state index in [9.17, 15) is 20.1 Å². The summed E-state index contributed by atoms with van der Waals surface area (Å²) in [6.07, 6.45) is 10.5. The van der Waals surface area contributed by atoms with Crippen LogP contribution in [0, 0.1) is 56.7 Å². The summed E-state index contributed by atoms with van der Waals surface area (Å²) in [4.78, 5) is 12.8. The summed E-state index contributed by atoms with van der Waals surface area (Å²) in [5.41, 5.74) is 0.311. The molecule has 0 heterocycles. The van der Waals surface area contributed by atoms with Gasteiger partial charge in [-0.15, -0.1) is 0 Å². The Morgan fingerprint density at radius 2 is 1.68 bits per heavy atom. The predicted molar refractivity (Wildman–Crippen MR) is 134 cm³/mol. The molecule has 4 saturated carbocycles. The average Bonchev–Trinajstić information content (AvgIpc) is 2.78. The highest BCUT2D eigenvalue weighted by molar-refractivity contribution is 5.76. The number of allylic oxidation sites excluding steroid dienone is 1. The Morgan fingerprint density at radius 1 is 0.971 bits per heavy atom. The SMILES string of the molecule is C[C@H]1[C@H](C)CC[C@]2(C(=O)O)CC[C@]3(CO)C(=CC[C@@H]4[C@@]5(C)CC[C@H](O)C(C)(C)C5CC[C@]43C)[C@H]12. The fraction of sp³-hybridized carbons (Fsp3) is 0.900. The van der Waals surface area contributed by atoms with Gasteiger partial charge in [0.25, 0.3) is 0 Å². The first-order chi connectivity index (χ1) is 15.8. The van der Waals surface area contributed by atoms with Gasteiger partial charge in [0, 0.05) is 5.41 Å². The zero-order valence-corrected chi connectivity index (χ0v) is 22.4. The van der Waals surface area contributed by atoms with Crippen LogP contribution in [0.3, 0.4) is 0 Å². The number of aliphatic carboxylic acids is 1. The molecule has 0 bridgehead atoms. The van der Waals surface area contributed by atoms with Gasteiger partial charge in [0.2, 0.25) is 0 Å². The van der Waals surface area contributed by atoms with E-state index >= 15 is 0 Å². The van der Waals surface area contributed by atoms with Crippen molar-refractivity contribution in [3.05, 3.63) is 11.6 Å². The predicted octanol–water partition coefficient (Wildman–Crippen LogP) is 6.06. The molecule has 0 aromatic rings. The van der Waals surface area contributed by atoms with Crippen molar-refractivity contribution in [2.24, 2.45) is 56.7 Å². The van der Waals surface area contributed by atoms with Crippen LogP contribution in [0.5, 0.6) is 0 Å². The molecule has 5 aliphatic carbocycles. The zero-order valence-electron chi connectivity index (χ0n) is 22.4. The van der Waals surface area contributed by atoms with Gasteiger partial charge in [0.05, 0.1) is 18.1 Å². The molecule has 0 saturated heterocycles. The molecule has 3 N–H and O–H groups in total. The molecular weight excluding hydrogens is 424 g/mol. The van der Waals surface area contributed by atoms with E-state index in [0.29, 0.717) is 30.1 Å². The molecule has 10 atom stereocenters. The number of hydrogen-bond acceptors (Lipinski definition) is 3. The van der Waals surface area contributed by atoms with E-state index in [0.717, 1.165) is 51.4 Å². The van der Waals surface area contributed by atoms with Crippen molar-refractivity contribution in [3.63, 3.8) is 0 Å². The Kier molecular flexibility index (Phi) is 5.52. The van der Waals surface area contributed by atoms with Crippen molar-refractivity contribution in [1.29, 1.82) is 0 Å². The summed E-state index contributed by atoms with van der Waals surface area (Å²) < 4.78 is 0. The van der Waals surface area contributed by atoms with Crippen LogP contribution in [0.15, 0.2) is 11.6 Å². The molecule has 0 radical (unpaired) electrons. The van der Waals surface area contributed by atoms with Crippen LogP contribution in [0.1, 0.15) is 99.3 Å². The van der Waals surface area contributed by atoms with Gasteiger partial charge in [0.15, 0.2) is 0 Å². The third kappa shape index (κ3) is 2.76. The van der Waals surface area contributed by atoms with Crippen LogP contribution >= 0.6 is 0 Å². The molecule has 5 aliphatic rings. The number of aliphatic hydroxyl groups is 2. The third-order valence-corrected chi connectivity index (χ3v) is 13.3. The summed E-state index contributed by atoms with van der Waals surface area (Å²) in [6.45, 7) is 14.2. The molecule has 192 valence electrons. The molecule has 0 aromatic carbocycles. The van der Waals surface area contributed by atoms with Gasteiger partial charge < -0.3 is 15.3 Å². The van der Waals surface area contributed by atoms with E-state index in [1.165, 1.54) is 5.57 Å². The second-order valence-corrected chi connectivity index (χ2v) is 14.4. The topological polar surface area (TPSA) is 77.8 Å². The minimum absolute atomic E-state index is 0.0302. The maximum atomic E-state index is 12.8. The number of hydrogen-bond donors (Lipinski definition) is 3. The van der Waals surface area contributed by atoms with E-state index in [2.05, 4.69) is 47.6 Å². The standard InChI is InChI=1S/C30H48O4/c1-18-9-14-29(25(33)34)15-16-30(17-31)20(24(29)19(18)2)7-8-22-27(5)12-11-23(32)26(3,4)21(27)10-13-28(22,30)6/h7,18-19,21-24,31-32H,8-17H2,1-6H3,(H,33,34)/t18-,19+,21?,22-,23+,24+,27+,28-,29+,30+/m1/s1. The van der Waals surface area contributed by atoms with Gasteiger partial charge in [-0.25, -0.2) is 0 Å². The normalized spacial score (nSPS) is 54.1. The fourth-order valence-electron chi connectivity index (χ4n) is 11.0. The minimum Gasteiger partial charge on any atom is -0.481 e. The van der Waals surface area contributed by atoms with Crippen molar-refractivity contribution in [1.82, 2.24) is 0 Å². The number of aliphatic hydroxyl groups excluding tert-OH is 2. The molecule has 34 heavy (non-hydrogen) atoms. The Labute approximate surface area is 206 Å². The van der Waals surface area contributed by atoms with E-state index < -0.39 is 11.4 Å². The number of fused-ring (bicyclic) bond motifs is 7. The van der Waals surface area contributed by atoms with E-state index in [1.807, 2.05) is 0 Å².